The van der Waals surface area contributed by atoms with Gasteiger partial charge in [0.05, 0.1) is 32.0 Å². The smallest absolute Gasteiger partial charge is 0.220 e. The molecule has 0 aromatic heterocycles. The molecule has 2 saturated heterocycles. The third kappa shape index (κ3) is 43.9. The van der Waals surface area contributed by atoms with Gasteiger partial charge in [-0.25, -0.2) is 0 Å². The first kappa shape index (κ1) is 83.5. The summed E-state index contributed by atoms with van der Waals surface area (Å²) >= 11 is 0. The Morgan fingerprint density at radius 3 is 1.14 bits per heavy atom. The maximum Gasteiger partial charge on any atom is 0.220 e. The van der Waals surface area contributed by atoms with Crippen LogP contribution in [0.1, 0.15) is 264 Å². The molecule has 0 aliphatic carbocycles. The number of aliphatic hydroxyl groups is 8. The number of hydrogen-bond donors (Lipinski definition) is 9. The van der Waals surface area contributed by atoms with Crippen molar-refractivity contribution in [3.05, 3.63) is 122 Å². The van der Waals surface area contributed by atoms with Crippen LogP contribution in [0.4, 0.5) is 0 Å². The fraction of sp³-hybridized carbons (Fsp3) is 0.727. The molecular weight excluding hydrogens is 1150 g/mol. The number of allylic oxidation sites excluding steroid dienone is 20. The van der Waals surface area contributed by atoms with E-state index in [1.165, 1.54) is 128 Å². The van der Waals surface area contributed by atoms with Crippen molar-refractivity contribution in [2.75, 3.05) is 19.8 Å². The summed E-state index contributed by atoms with van der Waals surface area (Å²) in [5, 5.41) is 87.6. The van der Waals surface area contributed by atoms with Gasteiger partial charge >= 0.3 is 0 Å². The van der Waals surface area contributed by atoms with Gasteiger partial charge in [-0.1, -0.05) is 289 Å². The Hall–Kier alpha value is -3.61. The molecule has 0 radical (unpaired) electrons. The highest BCUT2D eigenvalue weighted by atomic mass is 16.7. The fourth-order valence-corrected chi connectivity index (χ4v) is 11.2. The minimum Gasteiger partial charge on any atom is -0.394 e. The Morgan fingerprint density at radius 2 is 0.758 bits per heavy atom. The lowest BCUT2D eigenvalue weighted by molar-refractivity contribution is -0.359. The van der Waals surface area contributed by atoms with Crippen LogP contribution < -0.4 is 5.32 Å². The number of ether oxygens (including phenoxy) is 4. The van der Waals surface area contributed by atoms with Crippen LogP contribution in [0.5, 0.6) is 0 Å². The average Bonchev–Trinajstić information content (AvgIpc) is 1.28. The average molecular weight is 1280 g/mol. The summed E-state index contributed by atoms with van der Waals surface area (Å²) in [4.78, 5) is 13.3. The van der Waals surface area contributed by atoms with Gasteiger partial charge in [0.25, 0.3) is 0 Å². The molecule has 0 aromatic carbocycles. The van der Waals surface area contributed by atoms with Crippen LogP contribution in [0.15, 0.2) is 122 Å². The molecule has 12 atom stereocenters. The second-order valence-electron chi connectivity index (χ2n) is 25.0. The molecule has 0 bridgehead atoms. The Bertz CT molecular complexity index is 1990. The monoisotopic (exact) mass is 1280 g/mol. The van der Waals surface area contributed by atoms with E-state index in [9.17, 15) is 45.6 Å². The molecule has 2 aliphatic rings. The van der Waals surface area contributed by atoms with E-state index >= 15 is 0 Å². The van der Waals surface area contributed by atoms with E-state index in [1.54, 1.807) is 0 Å². The minimum atomic E-state index is -1.79. The molecule has 1 amide bonds. The third-order valence-corrected chi connectivity index (χ3v) is 16.9. The highest BCUT2D eigenvalue weighted by molar-refractivity contribution is 5.76. The van der Waals surface area contributed by atoms with Crippen molar-refractivity contribution >= 4 is 5.91 Å². The van der Waals surface area contributed by atoms with Crippen molar-refractivity contribution in [1.82, 2.24) is 5.32 Å². The molecule has 2 heterocycles. The molecule has 0 aromatic rings. The van der Waals surface area contributed by atoms with E-state index in [0.29, 0.717) is 12.8 Å². The second-order valence-corrected chi connectivity index (χ2v) is 25.0. The van der Waals surface area contributed by atoms with Gasteiger partial charge in [-0.05, 0) is 89.9 Å². The van der Waals surface area contributed by atoms with E-state index in [4.69, 9.17) is 18.9 Å². The molecule has 12 unspecified atom stereocenters. The molecule has 2 rings (SSSR count). The zero-order valence-electron chi connectivity index (χ0n) is 56.8. The normalized spacial score (nSPS) is 23.5. The lowest BCUT2D eigenvalue weighted by Gasteiger charge is -2.46. The molecule has 0 spiro atoms. The van der Waals surface area contributed by atoms with Crippen LogP contribution in [0.2, 0.25) is 0 Å². The summed E-state index contributed by atoms with van der Waals surface area (Å²) in [6.07, 6.45) is 70.7. The zero-order chi connectivity index (χ0) is 65.9. The highest BCUT2D eigenvalue weighted by Gasteiger charge is 2.51. The standard InChI is InChI=1S/C77H131NO13/c1-3-5-7-9-11-13-15-17-19-21-23-25-27-29-30-31-32-33-34-35-36-37-39-41-43-45-47-49-51-53-55-57-59-61-69(82)78-65(64-88-76-74(87)72(85)75(68(63-80)90-76)91-77-73(86)71(84)70(83)67(62-79)89-77)66(81)60-58-56-54-52-50-48-46-44-42-40-38-28-26-24-22-20-18-16-14-12-10-8-6-4-2/h5,7,11,13,17,19,23,25,29-30,32-33,35-36,39,41,45,47,51,53,65-68,70-77,79-81,83-87H,3-4,6,8-10,12,14-16,18,20-22,24,26-28,31,34,37-38,40,42-44,46,48-50,52,54-64H2,1-2H3,(H,78,82)/b7-5-,13-11-,19-17-,25-23-,30-29-,33-32-,36-35-,41-39-,47-45-,53-51-. The number of unbranched alkanes of at least 4 members (excludes halogenated alkanes) is 25. The van der Waals surface area contributed by atoms with Gasteiger partial charge in [-0.2, -0.15) is 0 Å². The van der Waals surface area contributed by atoms with Crippen molar-refractivity contribution in [3.8, 4) is 0 Å². The van der Waals surface area contributed by atoms with Crippen molar-refractivity contribution in [1.29, 1.82) is 0 Å². The van der Waals surface area contributed by atoms with E-state index in [-0.39, 0.29) is 18.9 Å². The molecule has 522 valence electrons. The Kier molecular flexibility index (Phi) is 55.1. The number of nitrogens with one attached hydrogen (secondary N) is 1. The lowest BCUT2D eigenvalue weighted by Crippen LogP contribution is -2.65. The molecule has 9 N–H and O–H groups in total. The first-order valence-electron chi connectivity index (χ1n) is 36.3. The zero-order valence-corrected chi connectivity index (χ0v) is 56.8. The summed E-state index contributed by atoms with van der Waals surface area (Å²) < 4.78 is 22.9. The predicted molar refractivity (Wildman–Crippen MR) is 373 cm³/mol. The summed E-state index contributed by atoms with van der Waals surface area (Å²) in [5.41, 5.74) is 0. The van der Waals surface area contributed by atoms with Crippen LogP contribution >= 0.6 is 0 Å². The van der Waals surface area contributed by atoms with Crippen molar-refractivity contribution < 1.29 is 64.6 Å². The van der Waals surface area contributed by atoms with Gasteiger partial charge in [0.2, 0.25) is 5.91 Å². The van der Waals surface area contributed by atoms with Gasteiger partial charge in [-0.3, -0.25) is 4.79 Å². The molecular formula is C77H131NO13. The van der Waals surface area contributed by atoms with Crippen LogP contribution in [0.3, 0.4) is 0 Å². The molecule has 91 heavy (non-hydrogen) atoms. The maximum atomic E-state index is 13.3. The van der Waals surface area contributed by atoms with Crippen molar-refractivity contribution in [2.45, 2.75) is 338 Å². The highest BCUT2D eigenvalue weighted by Crippen LogP contribution is 2.30. The maximum absolute atomic E-state index is 13.3. The number of rotatable bonds is 58. The summed E-state index contributed by atoms with van der Waals surface area (Å²) in [6, 6.07) is -0.863. The largest absolute Gasteiger partial charge is 0.394 e. The van der Waals surface area contributed by atoms with Gasteiger partial charge < -0.3 is 65.1 Å². The van der Waals surface area contributed by atoms with Crippen LogP contribution in [-0.2, 0) is 23.7 Å². The molecule has 14 nitrogen and oxygen atoms in total. The van der Waals surface area contributed by atoms with Crippen LogP contribution in [0, 0.1) is 0 Å². The Morgan fingerprint density at radius 1 is 0.407 bits per heavy atom. The number of carbonyl (C=O) groups is 1. The molecule has 2 aliphatic heterocycles. The number of aliphatic hydroxyl groups excluding tert-OH is 8. The third-order valence-electron chi connectivity index (χ3n) is 16.9. The first-order valence-corrected chi connectivity index (χ1v) is 36.3. The molecule has 2 fully saturated rings. The number of hydrogen-bond acceptors (Lipinski definition) is 13. The number of carbonyl (C=O) groups excluding carboxylic acids is 1. The minimum absolute atomic E-state index is 0.241. The summed E-state index contributed by atoms with van der Waals surface area (Å²) in [7, 11) is 0. The first-order chi connectivity index (χ1) is 44.6. The van der Waals surface area contributed by atoms with Crippen molar-refractivity contribution in [2.24, 2.45) is 0 Å². The number of amides is 1. The van der Waals surface area contributed by atoms with Gasteiger partial charge in [0.15, 0.2) is 12.6 Å². The van der Waals surface area contributed by atoms with Crippen LogP contribution in [-0.4, -0.2) is 140 Å². The van der Waals surface area contributed by atoms with Gasteiger partial charge in [-0.15, -0.1) is 0 Å². The topological polar surface area (TPSA) is 228 Å². The van der Waals surface area contributed by atoms with E-state index in [1.807, 2.05) is 0 Å². The quantitative estimate of drug-likeness (QED) is 0.0204. The van der Waals surface area contributed by atoms with Gasteiger partial charge in [0, 0.05) is 6.42 Å². The lowest BCUT2D eigenvalue weighted by atomic mass is 9.97. The molecule has 0 saturated carbocycles. The fourth-order valence-electron chi connectivity index (χ4n) is 11.2. The summed E-state index contributed by atoms with van der Waals surface area (Å²) in [6.45, 7) is 2.74. The van der Waals surface area contributed by atoms with E-state index < -0.39 is 86.8 Å². The second kappa shape index (κ2) is 60.1. The van der Waals surface area contributed by atoms with Crippen LogP contribution in [0.25, 0.3) is 0 Å². The van der Waals surface area contributed by atoms with Gasteiger partial charge in [0.1, 0.15) is 48.8 Å². The predicted octanol–water partition coefficient (Wildman–Crippen LogP) is 15.3. The van der Waals surface area contributed by atoms with Crippen molar-refractivity contribution in [3.63, 3.8) is 0 Å². The van der Waals surface area contributed by atoms with E-state index in [2.05, 4.69) is 141 Å². The Labute approximate surface area is 552 Å². The Balaban J connectivity index is 1.70. The molecule has 14 heteroatoms. The SMILES string of the molecule is CC/C=C\C/C=C\C/C=C\C/C=C\C/C=C\C/C=C\C/C=C\C/C=C\C/C=C\C/C=C\CCCCC(=O)NC(COC1OC(CO)C(OC2OC(CO)C(O)C(O)C2O)C(O)C1O)C(O)CCCCCCCCCCCCCCCCCCCCCCCCCC. The van der Waals surface area contributed by atoms with E-state index in [0.717, 1.165) is 103 Å². The summed E-state index contributed by atoms with van der Waals surface area (Å²) in [5.74, 6) is -0.251.